The second kappa shape index (κ2) is 7.16. The minimum atomic E-state index is -0.302. The van der Waals surface area contributed by atoms with Gasteiger partial charge in [0.25, 0.3) is 0 Å². The van der Waals surface area contributed by atoms with Gasteiger partial charge in [0.1, 0.15) is 6.54 Å². The highest BCUT2D eigenvalue weighted by molar-refractivity contribution is 5.76. The minimum absolute atomic E-state index is 0.0525. The highest BCUT2D eigenvalue weighted by atomic mass is 16.5. The molecular weight excluding hydrogens is 308 g/mol. The Morgan fingerprint density at radius 3 is 2.88 bits per heavy atom. The summed E-state index contributed by atoms with van der Waals surface area (Å²) in [6.45, 7) is 12.4. The zero-order valence-electron chi connectivity index (χ0n) is 14.9. The number of aromatic nitrogens is 3. The normalized spacial score (nSPS) is 25.0. The Hall–Kier alpha value is -1.51. The summed E-state index contributed by atoms with van der Waals surface area (Å²) in [5.74, 6) is 0.0665. The van der Waals surface area contributed by atoms with E-state index in [0.717, 1.165) is 38.4 Å². The molecule has 24 heavy (non-hydrogen) atoms. The van der Waals surface area contributed by atoms with Crippen LogP contribution < -0.4 is 5.32 Å². The lowest BCUT2D eigenvalue weighted by Gasteiger charge is -2.41. The molecule has 8 nitrogen and oxygen atoms in total. The summed E-state index contributed by atoms with van der Waals surface area (Å²) in [6.07, 6.45) is 1.94. The number of carbonyl (C=O) groups excluding carboxylic acids is 1. The van der Waals surface area contributed by atoms with Gasteiger partial charge in [0.05, 0.1) is 23.6 Å². The maximum absolute atomic E-state index is 12.6. The van der Waals surface area contributed by atoms with Gasteiger partial charge < -0.3 is 15.0 Å². The van der Waals surface area contributed by atoms with E-state index in [-0.39, 0.29) is 24.2 Å². The van der Waals surface area contributed by atoms with E-state index in [9.17, 15) is 4.79 Å². The molecule has 1 N–H and O–H groups in total. The lowest BCUT2D eigenvalue weighted by Crippen LogP contribution is -2.54. The smallest absolute Gasteiger partial charge is 0.244 e. The number of hydrogen-bond donors (Lipinski definition) is 1. The molecule has 0 spiro atoms. The van der Waals surface area contributed by atoms with E-state index in [2.05, 4.69) is 20.5 Å². The largest absolute Gasteiger partial charge is 0.369 e. The Kier molecular flexibility index (Phi) is 5.17. The fourth-order valence-corrected chi connectivity index (χ4v) is 3.47. The van der Waals surface area contributed by atoms with E-state index in [1.54, 1.807) is 4.68 Å². The molecule has 0 radical (unpaired) electrons. The molecule has 1 unspecified atom stereocenters. The van der Waals surface area contributed by atoms with Crippen LogP contribution in [0.25, 0.3) is 0 Å². The van der Waals surface area contributed by atoms with Crippen molar-refractivity contribution in [1.29, 1.82) is 0 Å². The maximum Gasteiger partial charge on any atom is 0.244 e. The summed E-state index contributed by atoms with van der Waals surface area (Å²) < 4.78 is 7.50. The quantitative estimate of drug-likeness (QED) is 0.814. The second-order valence-corrected chi connectivity index (χ2v) is 7.40. The number of piperazine rings is 1. The Morgan fingerprint density at radius 1 is 1.42 bits per heavy atom. The van der Waals surface area contributed by atoms with Crippen molar-refractivity contribution in [2.75, 3.05) is 39.3 Å². The molecule has 2 fully saturated rings. The fraction of sp³-hybridized carbons (Fsp3) is 0.812. The first-order chi connectivity index (χ1) is 11.4. The Morgan fingerprint density at radius 2 is 2.17 bits per heavy atom. The van der Waals surface area contributed by atoms with E-state index < -0.39 is 0 Å². The zero-order chi connectivity index (χ0) is 17.2. The van der Waals surface area contributed by atoms with Crippen LogP contribution in [0.4, 0.5) is 0 Å². The van der Waals surface area contributed by atoms with Crippen LogP contribution in [0.3, 0.4) is 0 Å². The van der Waals surface area contributed by atoms with Gasteiger partial charge in [-0.2, -0.15) is 0 Å². The Bertz CT molecular complexity index is 567. The first-order valence-electron chi connectivity index (χ1n) is 8.69. The maximum atomic E-state index is 12.6. The lowest BCUT2D eigenvalue weighted by molar-refractivity contribution is -0.158. The molecule has 2 saturated heterocycles. The summed E-state index contributed by atoms with van der Waals surface area (Å²) in [4.78, 5) is 16.8. The van der Waals surface area contributed by atoms with Gasteiger partial charge in [0.15, 0.2) is 0 Å². The van der Waals surface area contributed by atoms with Crippen LogP contribution in [0.1, 0.15) is 26.5 Å². The van der Waals surface area contributed by atoms with E-state index >= 15 is 0 Å². The SMILES string of the molecule is CC1CN(C(=O)Cn2cc(CN3CCNCC3)nn2)CC(C)(C)O1. The molecule has 3 heterocycles. The number of nitrogens with one attached hydrogen (secondary N) is 1. The monoisotopic (exact) mass is 336 g/mol. The third kappa shape index (κ3) is 4.52. The number of amides is 1. The number of carbonyl (C=O) groups is 1. The first-order valence-corrected chi connectivity index (χ1v) is 8.69. The standard InChI is InChI=1S/C16H28N6O2/c1-13-8-21(12-16(2,3)24-13)15(23)11-22-10-14(18-19-22)9-20-6-4-17-5-7-20/h10,13,17H,4-9,11-12H2,1-3H3. The van der Waals surface area contributed by atoms with Crippen molar-refractivity contribution >= 4 is 5.91 Å². The minimum Gasteiger partial charge on any atom is -0.369 e. The zero-order valence-corrected chi connectivity index (χ0v) is 14.9. The van der Waals surface area contributed by atoms with Gasteiger partial charge in [-0.15, -0.1) is 5.10 Å². The van der Waals surface area contributed by atoms with Crippen molar-refractivity contribution in [2.45, 2.75) is 45.6 Å². The number of ether oxygens (including phenoxy) is 1. The molecule has 1 amide bonds. The molecule has 0 aliphatic carbocycles. The van der Waals surface area contributed by atoms with Gasteiger partial charge in [-0.25, -0.2) is 4.68 Å². The summed E-state index contributed by atoms with van der Waals surface area (Å²) in [5, 5.41) is 11.7. The predicted octanol–water partition coefficient (Wildman–Crippen LogP) is -0.291. The highest BCUT2D eigenvalue weighted by Crippen LogP contribution is 2.20. The average molecular weight is 336 g/mol. The predicted molar refractivity (Wildman–Crippen MR) is 89.4 cm³/mol. The van der Waals surface area contributed by atoms with Crippen LogP contribution in [0, 0.1) is 0 Å². The topological polar surface area (TPSA) is 75.5 Å². The lowest BCUT2D eigenvalue weighted by atomic mass is 10.1. The van der Waals surface area contributed by atoms with Crippen LogP contribution in [-0.2, 0) is 22.6 Å². The van der Waals surface area contributed by atoms with Gasteiger partial charge in [-0.05, 0) is 20.8 Å². The molecule has 1 aromatic heterocycles. The molecule has 2 aliphatic rings. The van der Waals surface area contributed by atoms with E-state index in [0.29, 0.717) is 13.1 Å². The average Bonchev–Trinajstić information content (AvgIpc) is 2.93. The van der Waals surface area contributed by atoms with E-state index in [1.165, 1.54) is 0 Å². The van der Waals surface area contributed by atoms with Crippen LogP contribution in [0.5, 0.6) is 0 Å². The number of morpholine rings is 1. The summed E-state index contributed by atoms with van der Waals surface area (Å²) in [5.41, 5.74) is 0.615. The Balaban J connectivity index is 1.55. The van der Waals surface area contributed by atoms with Crippen molar-refractivity contribution in [3.05, 3.63) is 11.9 Å². The van der Waals surface area contributed by atoms with Crippen molar-refractivity contribution in [3.8, 4) is 0 Å². The van der Waals surface area contributed by atoms with E-state index in [4.69, 9.17) is 4.74 Å². The molecule has 0 aromatic carbocycles. The molecule has 3 rings (SSSR count). The molecule has 8 heteroatoms. The molecule has 0 bridgehead atoms. The molecular formula is C16H28N6O2. The van der Waals surface area contributed by atoms with E-state index in [1.807, 2.05) is 31.9 Å². The van der Waals surface area contributed by atoms with Crippen LogP contribution in [0.2, 0.25) is 0 Å². The van der Waals surface area contributed by atoms with Gasteiger partial charge in [-0.3, -0.25) is 9.69 Å². The van der Waals surface area contributed by atoms with Gasteiger partial charge in [-0.1, -0.05) is 5.21 Å². The summed E-state index contributed by atoms with van der Waals surface area (Å²) in [7, 11) is 0. The molecule has 1 atom stereocenters. The van der Waals surface area contributed by atoms with Crippen LogP contribution >= 0.6 is 0 Å². The summed E-state index contributed by atoms with van der Waals surface area (Å²) in [6, 6.07) is 0. The van der Waals surface area contributed by atoms with Crippen molar-refractivity contribution < 1.29 is 9.53 Å². The Labute approximate surface area is 143 Å². The molecule has 2 aliphatic heterocycles. The van der Waals surface area contributed by atoms with Gasteiger partial charge in [0.2, 0.25) is 5.91 Å². The van der Waals surface area contributed by atoms with Crippen molar-refractivity contribution in [2.24, 2.45) is 0 Å². The highest BCUT2D eigenvalue weighted by Gasteiger charge is 2.33. The van der Waals surface area contributed by atoms with Crippen LogP contribution in [0.15, 0.2) is 6.20 Å². The molecule has 0 saturated carbocycles. The van der Waals surface area contributed by atoms with Gasteiger partial charge in [0, 0.05) is 45.8 Å². The van der Waals surface area contributed by atoms with Crippen molar-refractivity contribution in [1.82, 2.24) is 30.1 Å². The third-order valence-electron chi connectivity index (χ3n) is 4.40. The van der Waals surface area contributed by atoms with Crippen molar-refractivity contribution in [3.63, 3.8) is 0 Å². The molecule has 1 aromatic rings. The van der Waals surface area contributed by atoms with Crippen LogP contribution in [-0.4, -0.2) is 81.7 Å². The third-order valence-corrected chi connectivity index (χ3v) is 4.40. The second-order valence-electron chi connectivity index (χ2n) is 7.40. The number of rotatable bonds is 4. The number of nitrogens with zero attached hydrogens (tertiary/aromatic N) is 5. The number of hydrogen-bond acceptors (Lipinski definition) is 6. The fourth-order valence-electron chi connectivity index (χ4n) is 3.47. The van der Waals surface area contributed by atoms with Gasteiger partial charge >= 0.3 is 0 Å². The molecule has 134 valence electrons. The first kappa shape index (κ1) is 17.3. The summed E-state index contributed by atoms with van der Waals surface area (Å²) >= 11 is 0.